The Kier molecular flexibility index (Phi) is 6.47. The number of benzene rings is 1. The number of aromatic nitrogens is 2. The highest BCUT2D eigenvalue weighted by Gasteiger charge is 2.11. The molecule has 1 aromatic carbocycles. The summed E-state index contributed by atoms with van der Waals surface area (Å²) in [5.74, 6) is 0.427. The number of aliphatic hydroxyl groups is 1. The highest BCUT2D eigenvalue weighted by Crippen LogP contribution is 2.30. The van der Waals surface area contributed by atoms with Crippen molar-refractivity contribution < 1.29 is 9.50 Å². The van der Waals surface area contributed by atoms with Gasteiger partial charge in [-0.3, -0.25) is 5.43 Å². The fourth-order valence-corrected chi connectivity index (χ4v) is 5.24. The van der Waals surface area contributed by atoms with Gasteiger partial charge in [-0.1, -0.05) is 18.2 Å². The van der Waals surface area contributed by atoms with Crippen LogP contribution in [0, 0.1) is 12.7 Å². The van der Waals surface area contributed by atoms with Gasteiger partial charge in [0.2, 0.25) is 0 Å². The quantitative estimate of drug-likeness (QED) is 0.293. The zero-order chi connectivity index (χ0) is 20.9. The minimum Gasteiger partial charge on any atom is -0.396 e. The highest BCUT2D eigenvalue weighted by atomic mass is 32.1. The average Bonchev–Trinajstić information content (AvgIpc) is 3.31. The van der Waals surface area contributed by atoms with E-state index in [0.29, 0.717) is 17.8 Å². The van der Waals surface area contributed by atoms with E-state index in [1.165, 1.54) is 28.6 Å². The van der Waals surface area contributed by atoms with Gasteiger partial charge in [0.15, 0.2) is 5.82 Å². The first-order chi connectivity index (χ1) is 14.6. The highest BCUT2D eigenvalue weighted by molar-refractivity contribution is 7.18. The lowest BCUT2D eigenvalue weighted by Gasteiger charge is -2.00. The van der Waals surface area contributed by atoms with E-state index in [-0.39, 0.29) is 12.4 Å². The van der Waals surface area contributed by atoms with E-state index in [2.05, 4.69) is 33.5 Å². The number of aliphatic hydroxyl groups excluding tert-OH is 1. The minimum absolute atomic E-state index is 0.200. The molecule has 0 fully saturated rings. The summed E-state index contributed by atoms with van der Waals surface area (Å²) in [6, 6.07) is 10.9. The number of hydrazone groups is 1. The lowest BCUT2D eigenvalue weighted by Crippen LogP contribution is -1.94. The first-order valence-electron chi connectivity index (χ1n) is 9.60. The molecule has 4 rings (SSSR count). The Labute approximate surface area is 182 Å². The Morgan fingerprint density at radius 2 is 2.03 bits per heavy atom. The van der Waals surface area contributed by atoms with Crippen LogP contribution in [0.3, 0.4) is 0 Å². The Hall–Kier alpha value is -2.68. The molecule has 8 heteroatoms. The summed E-state index contributed by atoms with van der Waals surface area (Å²) in [5.41, 5.74) is 4.84. The minimum atomic E-state index is -0.200. The third-order valence-corrected chi connectivity index (χ3v) is 6.92. The van der Waals surface area contributed by atoms with Crippen LogP contribution >= 0.6 is 22.7 Å². The maximum absolute atomic E-state index is 14.0. The molecule has 0 saturated heterocycles. The van der Waals surface area contributed by atoms with Gasteiger partial charge >= 0.3 is 0 Å². The Morgan fingerprint density at radius 1 is 1.17 bits per heavy atom. The number of anilines is 1. The normalized spacial score (nSPS) is 11.6. The molecule has 154 valence electrons. The van der Waals surface area contributed by atoms with Crippen molar-refractivity contribution in [3.8, 4) is 0 Å². The van der Waals surface area contributed by atoms with Crippen LogP contribution in [0.5, 0.6) is 0 Å². The summed E-state index contributed by atoms with van der Waals surface area (Å²) in [7, 11) is 0. The zero-order valence-electron chi connectivity index (χ0n) is 16.4. The second-order valence-corrected chi connectivity index (χ2v) is 9.16. The third-order valence-electron chi connectivity index (χ3n) is 4.64. The number of nitrogens with one attached hydrogen (secondary N) is 1. The lowest BCUT2D eigenvalue weighted by atomic mass is 10.1. The van der Waals surface area contributed by atoms with Crippen molar-refractivity contribution in [2.75, 3.05) is 12.0 Å². The van der Waals surface area contributed by atoms with E-state index in [1.54, 1.807) is 29.7 Å². The van der Waals surface area contributed by atoms with Gasteiger partial charge in [0.05, 0.1) is 16.5 Å². The van der Waals surface area contributed by atoms with Crippen molar-refractivity contribution in [2.24, 2.45) is 5.10 Å². The number of hydrogen-bond acceptors (Lipinski definition) is 7. The number of halogens is 1. The summed E-state index contributed by atoms with van der Waals surface area (Å²) in [6.45, 7) is 2.25. The van der Waals surface area contributed by atoms with Crippen LogP contribution < -0.4 is 5.43 Å². The van der Waals surface area contributed by atoms with E-state index < -0.39 is 0 Å². The van der Waals surface area contributed by atoms with Crippen molar-refractivity contribution >= 4 is 44.9 Å². The summed E-state index contributed by atoms with van der Waals surface area (Å²) in [4.78, 5) is 12.8. The average molecular weight is 441 g/mol. The molecule has 0 aliphatic carbocycles. The third kappa shape index (κ3) is 4.72. The summed E-state index contributed by atoms with van der Waals surface area (Å²) < 4.78 is 14.0. The molecule has 3 aromatic heterocycles. The second kappa shape index (κ2) is 9.42. The van der Waals surface area contributed by atoms with Crippen molar-refractivity contribution in [3.63, 3.8) is 0 Å². The van der Waals surface area contributed by atoms with Crippen LogP contribution in [-0.2, 0) is 12.8 Å². The number of nitrogens with zero attached hydrogens (tertiary/aromatic N) is 3. The van der Waals surface area contributed by atoms with Gasteiger partial charge in [0.1, 0.15) is 17.0 Å². The van der Waals surface area contributed by atoms with Gasteiger partial charge < -0.3 is 5.11 Å². The molecule has 0 saturated carbocycles. The van der Waals surface area contributed by atoms with Crippen LogP contribution in [0.1, 0.15) is 32.2 Å². The van der Waals surface area contributed by atoms with E-state index in [0.717, 1.165) is 38.4 Å². The molecule has 0 radical (unpaired) electrons. The molecule has 0 unspecified atom stereocenters. The van der Waals surface area contributed by atoms with Gasteiger partial charge in [-0.25, -0.2) is 14.4 Å². The standard InChI is InChI=1S/C22H21FN4OS2/c1-14-9-16(6-4-8-28)29-20(14)12-26-27-21-18-11-17(30-22(18)25-13-24-21)10-15-5-2-3-7-19(15)23/h2-3,5,7,9,11-13,28H,4,6,8,10H2,1H3,(H,24,25,27). The van der Waals surface area contributed by atoms with Gasteiger partial charge in [-0.05, 0) is 49.1 Å². The van der Waals surface area contributed by atoms with Gasteiger partial charge in [-0.15, -0.1) is 22.7 Å². The van der Waals surface area contributed by atoms with Crippen molar-refractivity contribution in [2.45, 2.75) is 26.2 Å². The molecule has 0 bridgehead atoms. The number of thiophene rings is 2. The molecule has 3 heterocycles. The van der Waals surface area contributed by atoms with Gasteiger partial charge in [-0.2, -0.15) is 5.10 Å². The summed E-state index contributed by atoms with van der Waals surface area (Å²) in [5, 5.41) is 14.2. The fraction of sp³-hybridized carbons (Fsp3) is 0.227. The SMILES string of the molecule is Cc1cc(CCCO)sc1C=NNc1ncnc2sc(Cc3ccccc3F)cc12. The van der Waals surface area contributed by atoms with Gasteiger partial charge in [0, 0.05) is 22.8 Å². The molecule has 0 spiro atoms. The van der Waals surface area contributed by atoms with Crippen molar-refractivity contribution in [1.29, 1.82) is 0 Å². The molecular formula is C22H21FN4OS2. The molecular weight excluding hydrogens is 419 g/mol. The molecule has 0 atom stereocenters. The molecule has 30 heavy (non-hydrogen) atoms. The fourth-order valence-electron chi connectivity index (χ4n) is 3.13. The lowest BCUT2D eigenvalue weighted by molar-refractivity contribution is 0.289. The maximum Gasteiger partial charge on any atom is 0.158 e. The number of hydrogen-bond donors (Lipinski definition) is 2. The van der Waals surface area contributed by atoms with E-state index >= 15 is 0 Å². The summed E-state index contributed by atoms with van der Waals surface area (Å²) >= 11 is 3.21. The molecule has 5 nitrogen and oxygen atoms in total. The van der Waals surface area contributed by atoms with Crippen molar-refractivity contribution in [1.82, 2.24) is 9.97 Å². The Balaban J connectivity index is 1.51. The van der Waals surface area contributed by atoms with Crippen LogP contribution in [0.15, 0.2) is 47.8 Å². The molecule has 0 amide bonds. The Morgan fingerprint density at radius 3 is 2.87 bits per heavy atom. The van der Waals surface area contributed by atoms with Crippen LogP contribution in [-0.4, -0.2) is 27.9 Å². The molecule has 0 aliphatic rings. The predicted octanol–water partition coefficient (Wildman–Crippen LogP) is 5.16. The Bertz CT molecular complexity index is 1190. The first kappa shape index (κ1) is 20.6. The zero-order valence-corrected chi connectivity index (χ0v) is 18.1. The number of aryl methyl sites for hydroxylation is 2. The van der Waals surface area contributed by atoms with Crippen LogP contribution in [0.4, 0.5) is 10.2 Å². The van der Waals surface area contributed by atoms with E-state index in [1.807, 2.05) is 12.1 Å². The molecule has 4 aromatic rings. The second-order valence-electron chi connectivity index (χ2n) is 6.88. The van der Waals surface area contributed by atoms with E-state index in [9.17, 15) is 4.39 Å². The van der Waals surface area contributed by atoms with Crippen molar-refractivity contribution in [3.05, 3.63) is 74.3 Å². The topological polar surface area (TPSA) is 70.4 Å². The smallest absolute Gasteiger partial charge is 0.158 e. The monoisotopic (exact) mass is 440 g/mol. The van der Waals surface area contributed by atoms with Crippen LogP contribution in [0.2, 0.25) is 0 Å². The van der Waals surface area contributed by atoms with Gasteiger partial charge in [0.25, 0.3) is 0 Å². The molecule has 0 aliphatic heterocycles. The van der Waals surface area contributed by atoms with E-state index in [4.69, 9.17) is 5.11 Å². The summed E-state index contributed by atoms with van der Waals surface area (Å²) in [6.07, 6.45) is 5.45. The predicted molar refractivity (Wildman–Crippen MR) is 122 cm³/mol. The largest absolute Gasteiger partial charge is 0.396 e. The number of fused-ring (bicyclic) bond motifs is 1. The first-order valence-corrected chi connectivity index (χ1v) is 11.2. The molecule has 2 N–H and O–H groups in total. The number of rotatable bonds is 8. The van der Waals surface area contributed by atoms with Crippen LogP contribution in [0.25, 0.3) is 10.2 Å². The maximum atomic E-state index is 14.0.